The van der Waals surface area contributed by atoms with E-state index in [1.165, 1.54) is 19.3 Å². The van der Waals surface area contributed by atoms with Gasteiger partial charge in [-0.1, -0.05) is 6.42 Å². The number of hydrogen-bond acceptors (Lipinski definition) is 3. The van der Waals surface area contributed by atoms with Gasteiger partial charge in [-0.3, -0.25) is 9.69 Å². The fourth-order valence-electron chi connectivity index (χ4n) is 3.22. The largest absolute Gasteiger partial charge is 0.494 e. The van der Waals surface area contributed by atoms with Crippen molar-refractivity contribution in [2.24, 2.45) is 0 Å². The molecule has 1 aromatic carbocycles. The van der Waals surface area contributed by atoms with Crippen molar-refractivity contribution in [2.75, 3.05) is 13.2 Å². The van der Waals surface area contributed by atoms with Crippen LogP contribution in [0.15, 0.2) is 29.1 Å². The van der Waals surface area contributed by atoms with Crippen molar-refractivity contribution in [3.63, 3.8) is 0 Å². The van der Waals surface area contributed by atoms with Gasteiger partial charge in [-0.25, -0.2) is 0 Å². The molecule has 2 heterocycles. The van der Waals surface area contributed by atoms with Gasteiger partial charge in [-0.2, -0.15) is 0 Å². The fourth-order valence-corrected chi connectivity index (χ4v) is 3.22. The van der Waals surface area contributed by atoms with E-state index < -0.39 is 0 Å². The lowest BCUT2D eigenvalue weighted by Crippen LogP contribution is -2.38. The van der Waals surface area contributed by atoms with Crippen molar-refractivity contribution in [1.82, 2.24) is 9.88 Å². The molecule has 1 atom stereocenters. The van der Waals surface area contributed by atoms with Crippen molar-refractivity contribution in [3.8, 4) is 5.75 Å². The van der Waals surface area contributed by atoms with Crippen LogP contribution in [0.3, 0.4) is 0 Å². The average molecular weight is 300 g/mol. The van der Waals surface area contributed by atoms with Crippen LogP contribution in [-0.2, 0) is 6.54 Å². The Morgan fingerprint density at radius 3 is 2.95 bits per heavy atom. The normalized spacial score (nSPS) is 19.5. The molecule has 4 nitrogen and oxygen atoms in total. The summed E-state index contributed by atoms with van der Waals surface area (Å²) in [6, 6.07) is 8.37. The third kappa shape index (κ3) is 3.17. The van der Waals surface area contributed by atoms with Crippen LogP contribution in [0.2, 0.25) is 0 Å². The van der Waals surface area contributed by atoms with Gasteiger partial charge >= 0.3 is 0 Å². The van der Waals surface area contributed by atoms with Gasteiger partial charge in [-0.15, -0.1) is 0 Å². The van der Waals surface area contributed by atoms with Gasteiger partial charge in [0.05, 0.1) is 6.61 Å². The number of hydrogen-bond donors (Lipinski definition) is 1. The molecule has 0 spiro atoms. The average Bonchev–Trinajstić information content (AvgIpc) is 2.51. The smallest absolute Gasteiger partial charge is 0.252 e. The molecule has 0 saturated carbocycles. The van der Waals surface area contributed by atoms with E-state index in [2.05, 4.69) is 16.8 Å². The Hall–Kier alpha value is -1.81. The van der Waals surface area contributed by atoms with Crippen LogP contribution in [0.25, 0.3) is 10.9 Å². The highest BCUT2D eigenvalue weighted by atomic mass is 16.5. The molecule has 1 aliphatic rings. The predicted molar refractivity (Wildman–Crippen MR) is 89.5 cm³/mol. The highest BCUT2D eigenvalue weighted by Gasteiger charge is 2.19. The molecule has 3 rings (SSSR count). The Bertz CT molecular complexity index is 708. The van der Waals surface area contributed by atoms with Crippen molar-refractivity contribution in [1.29, 1.82) is 0 Å². The molecular weight excluding hydrogens is 276 g/mol. The molecular formula is C18H24N2O2. The number of H-pyrrole nitrogens is 1. The van der Waals surface area contributed by atoms with Crippen molar-refractivity contribution in [3.05, 3.63) is 40.2 Å². The first-order valence-electron chi connectivity index (χ1n) is 8.20. The summed E-state index contributed by atoms with van der Waals surface area (Å²) in [5.74, 6) is 0.847. The summed E-state index contributed by atoms with van der Waals surface area (Å²) in [7, 11) is 0. The van der Waals surface area contributed by atoms with Crippen molar-refractivity contribution in [2.45, 2.75) is 45.7 Å². The zero-order valence-corrected chi connectivity index (χ0v) is 13.4. The molecule has 1 saturated heterocycles. The zero-order valence-electron chi connectivity index (χ0n) is 13.4. The molecule has 1 aliphatic heterocycles. The van der Waals surface area contributed by atoms with Crippen LogP contribution in [0, 0.1) is 0 Å². The Labute approximate surface area is 131 Å². The minimum absolute atomic E-state index is 0.0226. The van der Waals surface area contributed by atoms with Crippen LogP contribution in [0.5, 0.6) is 5.75 Å². The molecule has 22 heavy (non-hydrogen) atoms. The molecule has 0 amide bonds. The molecule has 0 aliphatic carbocycles. The maximum Gasteiger partial charge on any atom is 0.252 e. The maximum atomic E-state index is 12.3. The molecule has 0 radical (unpaired) electrons. The SMILES string of the molecule is CCOc1ccc2[nH]c(=O)c(CN3CCCC[C@H]3C)cc2c1. The summed E-state index contributed by atoms with van der Waals surface area (Å²) in [6.07, 6.45) is 3.74. The monoisotopic (exact) mass is 300 g/mol. The van der Waals surface area contributed by atoms with Crippen LogP contribution in [0.1, 0.15) is 38.7 Å². The number of aromatic nitrogens is 1. The van der Waals surface area contributed by atoms with Gasteiger partial charge in [0.1, 0.15) is 5.75 Å². The van der Waals surface area contributed by atoms with Crippen LogP contribution >= 0.6 is 0 Å². The summed E-state index contributed by atoms with van der Waals surface area (Å²) in [4.78, 5) is 17.7. The highest BCUT2D eigenvalue weighted by Crippen LogP contribution is 2.22. The second-order valence-corrected chi connectivity index (χ2v) is 6.12. The lowest BCUT2D eigenvalue weighted by Gasteiger charge is -2.33. The first-order chi connectivity index (χ1) is 10.7. The van der Waals surface area contributed by atoms with E-state index in [0.29, 0.717) is 12.6 Å². The quantitative estimate of drug-likeness (QED) is 0.942. The summed E-state index contributed by atoms with van der Waals surface area (Å²) in [6.45, 7) is 6.68. The molecule has 0 bridgehead atoms. The number of pyridine rings is 1. The lowest BCUT2D eigenvalue weighted by atomic mass is 10.0. The standard InChI is InChI=1S/C18H24N2O2/c1-3-22-16-7-8-17-14(11-16)10-15(18(21)19-17)12-20-9-5-4-6-13(20)2/h7-8,10-11,13H,3-6,9,12H2,1-2H3,(H,19,21)/t13-/m1/s1. The third-order valence-electron chi connectivity index (χ3n) is 4.52. The fraction of sp³-hybridized carbons (Fsp3) is 0.500. The van der Waals surface area contributed by atoms with Crippen LogP contribution in [0.4, 0.5) is 0 Å². The van der Waals surface area contributed by atoms with E-state index in [1.807, 2.05) is 31.2 Å². The molecule has 1 aromatic heterocycles. The van der Waals surface area contributed by atoms with Gasteiger partial charge in [0.15, 0.2) is 0 Å². The van der Waals surface area contributed by atoms with E-state index in [9.17, 15) is 4.79 Å². The first kappa shape index (κ1) is 15.1. The lowest BCUT2D eigenvalue weighted by molar-refractivity contribution is 0.152. The van der Waals surface area contributed by atoms with E-state index >= 15 is 0 Å². The number of piperidine rings is 1. The second kappa shape index (κ2) is 6.53. The Balaban J connectivity index is 1.91. The van der Waals surface area contributed by atoms with Crippen molar-refractivity contribution >= 4 is 10.9 Å². The van der Waals surface area contributed by atoms with Crippen LogP contribution < -0.4 is 10.3 Å². The molecule has 2 aromatic rings. The molecule has 0 unspecified atom stereocenters. The minimum atomic E-state index is 0.0226. The highest BCUT2D eigenvalue weighted by molar-refractivity contribution is 5.80. The van der Waals surface area contributed by atoms with Gasteiger partial charge < -0.3 is 9.72 Å². The number of likely N-dealkylation sites (tertiary alicyclic amines) is 1. The Kier molecular flexibility index (Phi) is 4.48. The number of ether oxygens (including phenoxy) is 1. The zero-order chi connectivity index (χ0) is 15.5. The Morgan fingerprint density at radius 1 is 1.32 bits per heavy atom. The maximum absolute atomic E-state index is 12.3. The van der Waals surface area contributed by atoms with E-state index in [0.717, 1.165) is 35.3 Å². The number of nitrogens with zero attached hydrogens (tertiary/aromatic N) is 1. The summed E-state index contributed by atoms with van der Waals surface area (Å²) >= 11 is 0. The van der Waals surface area contributed by atoms with E-state index in [4.69, 9.17) is 4.74 Å². The minimum Gasteiger partial charge on any atom is -0.494 e. The number of aromatic amines is 1. The third-order valence-corrected chi connectivity index (χ3v) is 4.52. The number of benzene rings is 1. The van der Waals surface area contributed by atoms with Gasteiger partial charge in [-0.05, 0) is 57.5 Å². The predicted octanol–water partition coefficient (Wildman–Crippen LogP) is 3.30. The first-order valence-corrected chi connectivity index (χ1v) is 8.20. The number of rotatable bonds is 4. The molecule has 1 N–H and O–H groups in total. The molecule has 118 valence electrons. The summed E-state index contributed by atoms with van der Waals surface area (Å²) in [5.41, 5.74) is 1.73. The van der Waals surface area contributed by atoms with Gasteiger partial charge in [0.2, 0.25) is 0 Å². The van der Waals surface area contributed by atoms with Crippen molar-refractivity contribution < 1.29 is 4.74 Å². The van der Waals surface area contributed by atoms with Gasteiger partial charge in [0, 0.05) is 29.1 Å². The Morgan fingerprint density at radius 2 is 2.18 bits per heavy atom. The van der Waals surface area contributed by atoms with E-state index in [1.54, 1.807) is 0 Å². The summed E-state index contributed by atoms with van der Waals surface area (Å²) < 4.78 is 5.55. The number of nitrogens with one attached hydrogen (secondary N) is 1. The second-order valence-electron chi connectivity index (χ2n) is 6.12. The topological polar surface area (TPSA) is 45.3 Å². The molecule has 1 fully saturated rings. The van der Waals surface area contributed by atoms with Crippen LogP contribution in [-0.4, -0.2) is 29.1 Å². The molecule has 4 heteroatoms. The van der Waals surface area contributed by atoms with Gasteiger partial charge in [0.25, 0.3) is 5.56 Å². The van der Waals surface area contributed by atoms with E-state index in [-0.39, 0.29) is 5.56 Å². The number of fused-ring (bicyclic) bond motifs is 1. The summed E-state index contributed by atoms with van der Waals surface area (Å²) in [5, 5.41) is 1.03.